The molecule has 3 heteroatoms. The number of hydrogen-bond acceptors (Lipinski definition) is 1. The van der Waals surface area contributed by atoms with E-state index in [-0.39, 0.29) is 0 Å². The van der Waals surface area contributed by atoms with E-state index in [0.717, 1.165) is 31.3 Å². The molecular weight excluding hydrogens is 378 g/mol. The van der Waals surface area contributed by atoms with Crippen LogP contribution in [-0.4, -0.2) is 13.1 Å². The van der Waals surface area contributed by atoms with Gasteiger partial charge in [-0.1, -0.05) is 62.2 Å². The van der Waals surface area contributed by atoms with E-state index < -0.39 is 0 Å². The molecule has 1 aliphatic rings. The fourth-order valence-electron chi connectivity index (χ4n) is 2.77. The molecule has 0 fully saturated rings. The molecule has 1 heterocycles. The Kier molecular flexibility index (Phi) is 4.47. The molecule has 20 heavy (non-hydrogen) atoms. The van der Waals surface area contributed by atoms with Crippen molar-refractivity contribution < 1.29 is 0 Å². The van der Waals surface area contributed by atoms with Crippen LogP contribution in [0.25, 0.3) is 0 Å². The number of anilines is 1. The Labute approximate surface area is 137 Å². The van der Waals surface area contributed by atoms with Gasteiger partial charge in [-0.25, -0.2) is 0 Å². The molecule has 1 nitrogen and oxygen atoms in total. The van der Waals surface area contributed by atoms with E-state index in [0.29, 0.717) is 0 Å². The van der Waals surface area contributed by atoms with Crippen molar-refractivity contribution in [2.24, 2.45) is 0 Å². The average molecular weight is 395 g/mol. The van der Waals surface area contributed by atoms with Crippen molar-refractivity contribution in [3.8, 4) is 0 Å². The fourth-order valence-corrected chi connectivity index (χ4v) is 4.14. The number of nitrogens with zero attached hydrogens (tertiary/aromatic N) is 1. The van der Waals surface area contributed by atoms with Crippen molar-refractivity contribution in [3.63, 3.8) is 0 Å². The Morgan fingerprint density at radius 2 is 1.60 bits per heavy atom. The first kappa shape index (κ1) is 14.2. The maximum atomic E-state index is 3.67. The minimum absolute atomic E-state index is 0.888. The Morgan fingerprint density at radius 1 is 0.950 bits per heavy atom. The lowest BCUT2D eigenvalue weighted by Crippen LogP contribution is -2.25. The van der Waals surface area contributed by atoms with Gasteiger partial charge in [0.25, 0.3) is 0 Å². The van der Waals surface area contributed by atoms with Gasteiger partial charge >= 0.3 is 0 Å². The molecule has 3 rings (SSSR count). The summed E-state index contributed by atoms with van der Waals surface area (Å²) in [5, 5.41) is 0.888. The molecule has 0 aromatic heterocycles. The summed E-state index contributed by atoms with van der Waals surface area (Å²) in [7, 11) is 0. The van der Waals surface area contributed by atoms with Gasteiger partial charge in [-0.05, 0) is 41.7 Å². The molecule has 0 saturated carbocycles. The Hall–Kier alpha value is -0.800. The SMILES string of the molecule is BrCc1ccc(N2CCc3ccccc3CC2)cc1Br. The van der Waals surface area contributed by atoms with Crippen LogP contribution in [0.2, 0.25) is 0 Å². The van der Waals surface area contributed by atoms with Gasteiger partial charge in [0.05, 0.1) is 0 Å². The highest BCUT2D eigenvalue weighted by Gasteiger charge is 2.14. The molecule has 0 aliphatic carbocycles. The molecule has 0 amide bonds. The van der Waals surface area contributed by atoms with Crippen LogP contribution in [0.1, 0.15) is 16.7 Å². The molecule has 0 saturated heterocycles. The second-order valence-electron chi connectivity index (χ2n) is 5.17. The third-order valence-corrected chi connectivity index (χ3v) is 5.31. The normalized spacial score (nSPS) is 14.8. The van der Waals surface area contributed by atoms with E-state index in [9.17, 15) is 0 Å². The minimum atomic E-state index is 0.888. The monoisotopic (exact) mass is 393 g/mol. The number of alkyl halides is 1. The first-order chi connectivity index (χ1) is 9.78. The van der Waals surface area contributed by atoms with Crippen molar-refractivity contribution >= 4 is 37.5 Å². The standard InChI is InChI=1S/C17H17Br2N/c18-12-15-5-6-16(11-17(15)19)20-9-7-13-3-1-2-4-14(13)8-10-20/h1-6,11H,7-10,12H2. The molecule has 1 aliphatic heterocycles. The van der Waals surface area contributed by atoms with Gasteiger partial charge in [0.2, 0.25) is 0 Å². The minimum Gasteiger partial charge on any atom is -0.371 e. The van der Waals surface area contributed by atoms with Gasteiger partial charge in [0.15, 0.2) is 0 Å². The number of rotatable bonds is 2. The van der Waals surface area contributed by atoms with E-state index in [4.69, 9.17) is 0 Å². The largest absolute Gasteiger partial charge is 0.371 e. The summed E-state index contributed by atoms with van der Waals surface area (Å²) in [5.74, 6) is 0. The van der Waals surface area contributed by atoms with Crippen molar-refractivity contribution in [3.05, 3.63) is 63.6 Å². The van der Waals surface area contributed by atoms with Crippen molar-refractivity contribution in [2.45, 2.75) is 18.2 Å². The van der Waals surface area contributed by atoms with Crippen LogP contribution in [-0.2, 0) is 18.2 Å². The van der Waals surface area contributed by atoms with Crippen LogP contribution in [0, 0.1) is 0 Å². The maximum absolute atomic E-state index is 3.67. The van der Waals surface area contributed by atoms with Crippen molar-refractivity contribution in [1.82, 2.24) is 0 Å². The predicted octanol–water partition coefficient (Wildman–Crippen LogP) is 4.95. The second kappa shape index (κ2) is 6.31. The molecule has 0 spiro atoms. The van der Waals surface area contributed by atoms with Crippen LogP contribution in [0.15, 0.2) is 46.9 Å². The third kappa shape index (κ3) is 2.94. The third-order valence-electron chi connectivity index (χ3n) is 3.97. The van der Waals surface area contributed by atoms with E-state index in [2.05, 4.69) is 79.2 Å². The van der Waals surface area contributed by atoms with E-state index in [1.807, 2.05) is 0 Å². The summed E-state index contributed by atoms with van der Waals surface area (Å²) in [4.78, 5) is 2.49. The van der Waals surface area contributed by atoms with Crippen molar-refractivity contribution in [2.75, 3.05) is 18.0 Å². The molecule has 0 unspecified atom stereocenters. The topological polar surface area (TPSA) is 3.24 Å². The predicted molar refractivity (Wildman–Crippen MR) is 92.8 cm³/mol. The zero-order valence-corrected chi connectivity index (χ0v) is 14.5. The molecule has 104 valence electrons. The molecule has 2 aromatic rings. The van der Waals surface area contributed by atoms with Crippen LogP contribution in [0.3, 0.4) is 0 Å². The molecule has 0 atom stereocenters. The van der Waals surface area contributed by atoms with E-state index >= 15 is 0 Å². The summed E-state index contributed by atoms with van der Waals surface area (Å²) in [5.41, 5.74) is 5.62. The quantitative estimate of drug-likeness (QED) is 0.651. The smallest absolute Gasteiger partial charge is 0.0377 e. The number of hydrogen-bond donors (Lipinski definition) is 0. The summed E-state index contributed by atoms with van der Waals surface area (Å²) < 4.78 is 1.19. The van der Waals surface area contributed by atoms with Crippen LogP contribution in [0.4, 0.5) is 5.69 Å². The Balaban J connectivity index is 1.81. The lowest BCUT2D eigenvalue weighted by Gasteiger charge is -2.23. The van der Waals surface area contributed by atoms with Gasteiger partial charge in [-0.3, -0.25) is 0 Å². The van der Waals surface area contributed by atoms with Crippen molar-refractivity contribution in [1.29, 1.82) is 0 Å². The summed E-state index contributed by atoms with van der Waals surface area (Å²) >= 11 is 7.18. The van der Waals surface area contributed by atoms with Gasteiger partial charge in [-0.15, -0.1) is 0 Å². The lowest BCUT2D eigenvalue weighted by atomic mass is 10.0. The van der Waals surface area contributed by atoms with Crippen LogP contribution >= 0.6 is 31.9 Å². The molecule has 0 bridgehead atoms. The maximum Gasteiger partial charge on any atom is 0.0377 e. The summed E-state index contributed by atoms with van der Waals surface area (Å²) in [6, 6.07) is 15.5. The molecule has 0 N–H and O–H groups in total. The first-order valence-electron chi connectivity index (χ1n) is 6.94. The van der Waals surface area contributed by atoms with E-state index in [1.54, 1.807) is 0 Å². The zero-order valence-electron chi connectivity index (χ0n) is 11.3. The zero-order chi connectivity index (χ0) is 13.9. The summed E-state index contributed by atoms with van der Waals surface area (Å²) in [6.07, 6.45) is 2.27. The van der Waals surface area contributed by atoms with Gasteiger partial charge in [-0.2, -0.15) is 0 Å². The van der Waals surface area contributed by atoms with Gasteiger partial charge in [0.1, 0.15) is 0 Å². The lowest BCUT2D eigenvalue weighted by molar-refractivity contribution is 0.805. The van der Waals surface area contributed by atoms with Crippen LogP contribution < -0.4 is 4.90 Å². The van der Waals surface area contributed by atoms with Gasteiger partial charge < -0.3 is 4.90 Å². The first-order valence-corrected chi connectivity index (χ1v) is 8.85. The second-order valence-corrected chi connectivity index (χ2v) is 6.58. The van der Waals surface area contributed by atoms with Crippen LogP contribution in [0.5, 0.6) is 0 Å². The van der Waals surface area contributed by atoms with E-state index in [1.165, 1.54) is 26.9 Å². The number of benzene rings is 2. The molecule has 2 aromatic carbocycles. The fraction of sp³-hybridized carbons (Fsp3) is 0.294. The molecule has 0 radical (unpaired) electrons. The molecular formula is C17H17Br2N. The average Bonchev–Trinajstić information content (AvgIpc) is 2.70. The van der Waals surface area contributed by atoms with Gasteiger partial charge in [0, 0.05) is 28.6 Å². The Bertz CT molecular complexity index is 583. The summed E-state index contributed by atoms with van der Waals surface area (Å²) in [6.45, 7) is 2.19. The number of fused-ring (bicyclic) bond motifs is 1. The highest BCUT2D eigenvalue weighted by molar-refractivity contribution is 9.10. The number of halogens is 2. The highest BCUT2D eigenvalue weighted by Crippen LogP contribution is 2.27. The Morgan fingerprint density at radius 3 is 2.15 bits per heavy atom. The highest BCUT2D eigenvalue weighted by atomic mass is 79.9.